The lowest BCUT2D eigenvalue weighted by molar-refractivity contribution is -0.0576. The molecule has 1 amide bonds. The van der Waals surface area contributed by atoms with E-state index in [0.717, 1.165) is 25.0 Å². The number of amides is 1. The molecule has 1 N–H and O–H groups in total. The zero-order valence-corrected chi connectivity index (χ0v) is 11.2. The Morgan fingerprint density at radius 1 is 1.63 bits per heavy atom. The van der Waals surface area contributed by atoms with Crippen molar-refractivity contribution in [2.45, 2.75) is 44.9 Å². The summed E-state index contributed by atoms with van der Waals surface area (Å²) in [5, 5.41) is 9.45. The fraction of sp³-hybridized carbons (Fsp3) is 0.571. The fourth-order valence-corrected chi connectivity index (χ4v) is 3.52. The second-order valence-electron chi connectivity index (χ2n) is 5.52. The quantitative estimate of drug-likeness (QED) is 0.890. The first-order chi connectivity index (χ1) is 9.04. The summed E-state index contributed by atoms with van der Waals surface area (Å²) in [6.07, 6.45) is 3.36. The van der Waals surface area contributed by atoms with E-state index >= 15 is 0 Å². The number of pyridine rings is 1. The van der Waals surface area contributed by atoms with Crippen molar-refractivity contribution in [2.75, 3.05) is 0 Å². The number of aromatic nitrogens is 1. The molecule has 0 aromatic carbocycles. The van der Waals surface area contributed by atoms with Crippen LogP contribution in [0.4, 0.5) is 4.79 Å². The molecule has 2 bridgehead atoms. The number of ether oxygens (including phenoxy) is 1. The maximum Gasteiger partial charge on any atom is 0.410 e. The summed E-state index contributed by atoms with van der Waals surface area (Å²) in [6.45, 7) is 3.95. The zero-order chi connectivity index (χ0) is 13.6. The summed E-state index contributed by atoms with van der Waals surface area (Å²) in [5.74, 6) is 0.894. The molecule has 0 radical (unpaired) electrons. The largest absolute Gasteiger partial charge is 0.466 e. The van der Waals surface area contributed by atoms with Gasteiger partial charge in [0.15, 0.2) is 5.72 Å². The molecule has 3 atom stereocenters. The Morgan fingerprint density at radius 2 is 2.42 bits per heavy atom. The van der Waals surface area contributed by atoms with Crippen molar-refractivity contribution in [1.29, 1.82) is 0 Å². The summed E-state index contributed by atoms with van der Waals surface area (Å²) in [7, 11) is 0. The number of hydrogen-bond donors (Lipinski definition) is 1. The van der Waals surface area contributed by atoms with Crippen LogP contribution in [0.25, 0.3) is 0 Å². The normalized spacial score (nSPS) is 32.6. The highest BCUT2D eigenvalue weighted by molar-refractivity contribution is 5.68. The molecular weight excluding hydrogens is 244 g/mol. The van der Waals surface area contributed by atoms with Crippen LogP contribution in [0, 0.1) is 12.8 Å². The van der Waals surface area contributed by atoms with E-state index in [4.69, 9.17) is 4.74 Å². The Balaban J connectivity index is 1.97. The molecule has 1 aromatic heterocycles. The highest BCUT2D eigenvalue weighted by atomic mass is 16.5. The van der Waals surface area contributed by atoms with Crippen molar-refractivity contribution in [3.05, 3.63) is 24.0 Å². The van der Waals surface area contributed by atoms with Crippen LogP contribution in [0.2, 0.25) is 0 Å². The van der Waals surface area contributed by atoms with Crippen molar-refractivity contribution >= 4 is 6.09 Å². The van der Waals surface area contributed by atoms with Gasteiger partial charge in [0.05, 0.1) is 5.69 Å². The van der Waals surface area contributed by atoms with Gasteiger partial charge in [-0.15, -0.1) is 0 Å². The molecule has 0 aliphatic carbocycles. The molecule has 3 unspecified atom stereocenters. The summed E-state index contributed by atoms with van der Waals surface area (Å²) >= 11 is 0. The molecule has 2 aliphatic heterocycles. The predicted octanol–water partition coefficient (Wildman–Crippen LogP) is 2.65. The average molecular weight is 262 g/mol. The zero-order valence-electron chi connectivity index (χ0n) is 11.2. The molecule has 102 valence electrons. The molecule has 5 nitrogen and oxygen atoms in total. The van der Waals surface area contributed by atoms with Gasteiger partial charge in [0, 0.05) is 24.6 Å². The van der Waals surface area contributed by atoms with Crippen molar-refractivity contribution < 1.29 is 14.6 Å². The minimum atomic E-state index is -0.881. The van der Waals surface area contributed by atoms with Gasteiger partial charge in [-0.05, 0) is 31.9 Å². The SMILES string of the molecule is Cc1ncccc1OC12CCC(CC1C)N2C(=O)O. The minimum Gasteiger partial charge on any atom is -0.466 e. The van der Waals surface area contributed by atoms with Gasteiger partial charge >= 0.3 is 6.09 Å². The molecule has 2 aliphatic rings. The van der Waals surface area contributed by atoms with E-state index in [1.807, 2.05) is 19.1 Å². The van der Waals surface area contributed by atoms with E-state index < -0.39 is 11.8 Å². The Kier molecular flexibility index (Phi) is 2.66. The first-order valence-corrected chi connectivity index (χ1v) is 6.67. The Morgan fingerprint density at radius 3 is 3.05 bits per heavy atom. The summed E-state index contributed by atoms with van der Waals surface area (Å²) in [5.41, 5.74) is 0.0920. The maximum atomic E-state index is 11.5. The third-order valence-corrected chi connectivity index (χ3v) is 4.46. The number of carbonyl (C=O) groups is 1. The highest BCUT2D eigenvalue weighted by Crippen LogP contribution is 2.50. The van der Waals surface area contributed by atoms with Gasteiger partial charge in [0.25, 0.3) is 0 Å². The van der Waals surface area contributed by atoms with Crippen molar-refractivity contribution in [2.24, 2.45) is 5.92 Å². The molecule has 3 heterocycles. The number of nitrogens with zero attached hydrogens (tertiary/aromatic N) is 2. The first kappa shape index (κ1) is 12.3. The molecule has 5 heteroatoms. The lowest BCUT2D eigenvalue weighted by atomic mass is 9.87. The van der Waals surface area contributed by atoms with Crippen molar-refractivity contribution in [3.63, 3.8) is 0 Å². The van der Waals surface area contributed by atoms with Crippen LogP contribution in [-0.4, -0.2) is 32.9 Å². The lowest BCUT2D eigenvalue weighted by Crippen LogP contribution is -2.52. The number of rotatable bonds is 2. The van der Waals surface area contributed by atoms with Gasteiger partial charge in [-0.2, -0.15) is 0 Å². The average Bonchev–Trinajstić information content (AvgIpc) is 2.84. The Bertz CT molecular complexity index is 519. The molecule has 19 heavy (non-hydrogen) atoms. The van der Waals surface area contributed by atoms with Gasteiger partial charge in [-0.25, -0.2) is 4.79 Å². The van der Waals surface area contributed by atoms with Crippen molar-refractivity contribution in [1.82, 2.24) is 9.88 Å². The smallest absolute Gasteiger partial charge is 0.410 e. The molecule has 0 saturated carbocycles. The summed E-state index contributed by atoms with van der Waals surface area (Å²) < 4.78 is 6.15. The predicted molar refractivity (Wildman–Crippen MR) is 69.0 cm³/mol. The fourth-order valence-electron chi connectivity index (χ4n) is 3.52. The van der Waals surface area contributed by atoms with Crippen LogP contribution in [0.3, 0.4) is 0 Å². The van der Waals surface area contributed by atoms with E-state index in [0.29, 0.717) is 5.75 Å². The first-order valence-electron chi connectivity index (χ1n) is 6.67. The van der Waals surface area contributed by atoms with Gasteiger partial charge in [0.1, 0.15) is 5.75 Å². The topological polar surface area (TPSA) is 62.7 Å². The van der Waals surface area contributed by atoms with Crippen LogP contribution in [0.1, 0.15) is 31.9 Å². The Hall–Kier alpha value is -1.78. The van der Waals surface area contributed by atoms with Gasteiger partial charge in [-0.3, -0.25) is 9.88 Å². The third kappa shape index (κ3) is 1.68. The molecule has 2 fully saturated rings. The molecule has 3 rings (SSSR count). The standard InChI is InChI=1S/C14H18N2O3/c1-9-8-11-5-6-14(9,16(11)13(17)18)19-12-4-3-7-15-10(12)2/h3-4,7,9,11H,5-6,8H2,1-2H3,(H,17,18). The second kappa shape index (κ2) is 4.11. The molecular formula is C14H18N2O3. The monoisotopic (exact) mass is 262 g/mol. The molecule has 0 spiro atoms. The van der Waals surface area contributed by atoms with Crippen molar-refractivity contribution in [3.8, 4) is 5.75 Å². The van der Waals surface area contributed by atoms with E-state index in [1.54, 1.807) is 6.20 Å². The van der Waals surface area contributed by atoms with Gasteiger partial charge in [-0.1, -0.05) is 6.92 Å². The second-order valence-corrected chi connectivity index (χ2v) is 5.52. The number of hydrogen-bond acceptors (Lipinski definition) is 3. The number of carboxylic acid groups (broad SMARTS) is 1. The van der Waals surface area contributed by atoms with E-state index in [2.05, 4.69) is 11.9 Å². The van der Waals surface area contributed by atoms with Gasteiger partial charge < -0.3 is 9.84 Å². The van der Waals surface area contributed by atoms with E-state index in [9.17, 15) is 9.90 Å². The van der Waals surface area contributed by atoms with E-state index in [1.165, 1.54) is 4.90 Å². The number of fused-ring (bicyclic) bond motifs is 2. The summed E-state index contributed by atoms with van der Waals surface area (Å²) in [4.78, 5) is 17.2. The van der Waals surface area contributed by atoms with Crippen LogP contribution >= 0.6 is 0 Å². The maximum absolute atomic E-state index is 11.5. The molecule has 2 saturated heterocycles. The van der Waals surface area contributed by atoms with Crippen LogP contribution in [-0.2, 0) is 0 Å². The Labute approximate surface area is 112 Å². The van der Waals surface area contributed by atoms with Crippen LogP contribution in [0.15, 0.2) is 18.3 Å². The lowest BCUT2D eigenvalue weighted by Gasteiger charge is -2.37. The third-order valence-electron chi connectivity index (χ3n) is 4.46. The number of aryl methyl sites for hydroxylation is 1. The highest BCUT2D eigenvalue weighted by Gasteiger charge is 2.60. The minimum absolute atomic E-state index is 0.101. The van der Waals surface area contributed by atoms with Gasteiger partial charge in [0.2, 0.25) is 0 Å². The molecule has 1 aromatic rings. The van der Waals surface area contributed by atoms with Crippen LogP contribution < -0.4 is 4.74 Å². The van der Waals surface area contributed by atoms with Crippen LogP contribution in [0.5, 0.6) is 5.75 Å². The van der Waals surface area contributed by atoms with E-state index in [-0.39, 0.29) is 12.0 Å². The summed E-state index contributed by atoms with van der Waals surface area (Å²) in [6, 6.07) is 3.77.